The van der Waals surface area contributed by atoms with E-state index < -0.39 is 6.36 Å². The van der Waals surface area contributed by atoms with E-state index in [9.17, 15) is 18.0 Å². The van der Waals surface area contributed by atoms with Crippen LogP contribution in [0.5, 0.6) is 5.75 Å². The molecule has 3 rings (SSSR count). The van der Waals surface area contributed by atoms with Crippen molar-refractivity contribution in [2.75, 3.05) is 38.0 Å². The van der Waals surface area contributed by atoms with Crippen molar-refractivity contribution in [2.45, 2.75) is 25.2 Å². The lowest BCUT2D eigenvalue weighted by atomic mass is 10.3. The largest absolute Gasteiger partial charge is 0.573 e. The number of benzene rings is 1. The van der Waals surface area contributed by atoms with Gasteiger partial charge < -0.3 is 20.3 Å². The van der Waals surface area contributed by atoms with Gasteiger partial charge in [-0.3, -0.25) is 9.69 Å². The standard InChI is InChI=1S/C17H21F3N4O2S/c18-17(19,20)26-14-5-3-12(4-6-14)21-15(25)11-23-7-9-24(10-8-23)16(27)22-13-1-2-13/h3-6,13H,1-2,7-11H2,(H,21,25)(H,22,27). The molecule has 1 aliphatic carbocycles. The monoisotopic (exact) mass is 402 g/mol. The number of anilines is 1. The minimum atomic E-state index is -4.73. The summed E-state index contributed by atoms with van der Waals surface area (Å²) in [5.41, 5.74) is 0.419. The predicted molar refractivity (Wildman–Crippen MR) is 98.5 cm³/mol. The van der Waals surface area contributed by atoms with Crippen LogP contribution in [0, 0.1) is 0 Å². The number of amides is 1. The number of ether oxygens (including phenoxy) is 1. The number of piperazine rings is 1. The highest BCUT2D eigenvalue weighted by molar-refractivity contribution is 7.80. The fraction of sp³-hybridized carbons (Fsp3) is 0.529. The Balaban J connectivity index is 1.40. The summed E-state index contributed by atoms with van der Waals surface area (Å²) in [7, 11) is 0. The Morgan fingerprint density at radius 3 is 2.33 bits per heavy atom. The zero-order valence-corrected chi connectivity index (χ0v) is 15.4. The van der Waals surface area contributed by atoms with Gasteiger partial charge in [0.15, 0.2) is 5.11 Å². The van der Waals surface area contributed by atoms with E-state index in [2.05, 4.69) is 20.3 Å². The van der Waals surface area contributed by atoms with Crippen LogP contribution in [0.4, 0.5) is 18.9 Å². The lowest BCUT2D eigenvalue weighted by Gasteiger charge is -2.35. The van der Waals surface area contributed by atoms with E-state index in [0.717, 1.165) is 43.4 Å². The van der Waals surface area contributed by atoms with Gasteiger partial charge in [0.25, 0.3) is 0 Å². The van der Waals surface area contributed by atoms with E-state index in [0.29, 0.717) is 11.7 Å². The lowest BCUT2D eigenvalue weighted by Crippen LogP contribution is -2.53. The van der Waals surface area contributed by atoms with Crippen LogP contribution in [-0.4, -0.2) is 65.9 Å². The molecule has 1 saturated carbocycles. The summed E-state index contributed by atoms with van der Waals surface area (Å²) in [6.45, 7) is 3.18. The van der Waals surface area contributed by atoms with E-state index in [1.807, 2.05) is 4.90 Å². The molecule has 0 aromatic heterocycles. The van der Waals surface area contributed by atoms with E-state index in [1.165, 1.54) is 25.0 Å². The minimum Gasteiger partial charge on any atom is -0.406 e. The van der Waals surface area contributed by atoms with Crippen molar-refractivity contribution in [3.8, 4) is 5.75 Å². The number of rotatable bonds is 5. The summed E-state index contributed by atoms with van der Waals surface area (Å²) >= 11 is 5.38. The van der Waals surface area contributed by atoms with E-state index in [4.69, 9.17) is 12.2 Å². The van der Waals surface area contributed by atoms with E-state index in [-0.39, 0.29) is 18.2 Å². The number of nitrogens with one attached hydrogen (secondary N) is 2. The van der Waals surface area contributed by atoms with Gasteiger partial charge in [0.05, 0.1) is 6.54 Å². The molecule has 1 aromatic carbocycles. The molecule has 2 fully saturated rings. The quantitative estimate of drug-likeness (QED) is 0.737. The normalized spacial score (nSPS) is 18.1. The Kier molecular flexibility index (Phi) is 6.05. The topological polar surface area (TPSA) is 56.8 Å². The van der Waals surface area contributed by atoms with Crippen molar-refractivity contribution >= 4 is 28.9 Å². The van der Waals surface area contributed by atoms with Gasteiger partial charge in [-0.25, -0.2) is 0 Å². The molecule has 148 valence electrons. The number of carbonyl (C=O) groups excluding carboxylic acids is 1. The van der Waals surface area contributed by atoms with Gasteiger partial charge in [-0.2, -0.15) is 0 Å². The summed E-state index contributed by atoms with van der Waals surface area (Å²) in [5, 5.41) is 6.77. The molecule has 6 nitrogen and oxygen atoms in total. The maximum atomic E-state index is 12.1. The van der Waals surface area contributed by atoms with Crippen molar-refractivity contribution in [2.24, 2.45) is 0 Å². The fourth-order valence-corrected chi connectivity index (χ4v) is 3.10. The van der Waals surface area contributed by atoms with Crippen LogP contribution in [-0.2, 0) is 4.79 Å². The van der Waals surface area contributed by atoms with Gasteiger partial charge in [0.1, 0.15) is 5.75 Å². The molecule has 10 heteroatoms. The Morgan fingerprint density at radius 1 is 1.15 bits per heavy atom. The maximum Gasteiger partial charge on any atom is 0.573 e. The number of hydrogen-bond donors (Lipinski definition) is 2. The first kappa shape index (κ1) is 19.7. The second-order valence-electron chi connectivity index (χ2n) is 6.61. The Labute approximate surface area is 160 Å². The Morgan fingerprint density at radius 2 is 1.78 bits per heavy atom. The molecule has 0 atom stereocenters. The predicted octanol–water partition coefficient (Wildman–Crippen LogP) is 2.18. The SMILES string of the molecule is O=C(CN1CCN(C(=S)NC2CC2)CC1)Nc1ccc(OC(F)(F)F)cc1. The highest BCUT2D eigenvalue weighted by Crippen LogP contribution is 2.24. The second-order valence-corrected chi connectivity index (χ2v) is 6.99. The number of alkyl halides is 3. The molecule has 1 saturated heterocycles. The van der Waals surface area contributed by atoms with Crippen molar-refractivity contribution in [3.05, 3.63) is 24.3 Å². The first-order chi connectivity index (χ1) is 12.8. The lowest BCUT2D eigenvalue weighted by molar-refractivity contribution is -0.274. The molecule has 2 aliphatic rings. The third-order valence-corrected chi connectivity index (χ3v) is 4.68. The van der Waals surface area contributed by atoms with Gasteiger partial charge in [-0.15, -0.1) is 13.2 Å². The molecular formula is C17H21F3N4O2S. The van der Waals surface area contributed by atoms with E-state index >= 15 is 0 Å². The molecular weight excluding hydrogens is 381 g/mol. The van der Waals surface area contributed by atoms with Crippen LogP contribution in [0.25, 0.3) is 0 Å². The maximum absolute atomic E-state index is 12.1. The van der Waals surface area contributed by atoms with Crippen LogP contribution in [0.15, 0.2) is 24.3 Å². The summed E-state index contributed by atoms with van der Waals surface area (Å²) in [6.07, 6.45) is -2.39. The first-order valence-corrected chi connectivity index (χ1v) is 9.13. The molecule has 0 bridgehead atoms. The molecule has 0 unspecified atom stereocenters. The van der Waals surface area contributed by atoms with Gasteiger partial charge >= 0.3 is 6.36 Å². The van der Waals surface area contributed by atoms with Crippen molar-refractivity contribution < 1.29 is 22.7 Å². The molecule has 1 aromatic rings. The van der Waals surface area contributed by atoms with Crippen LogP contribution in [0.3, 0.4) is 0 Å². The molecule has 0 radical (unpaired) electrons. The Bertz CT molecular complexity index is 672. The third-order valence-electron chi connectivity index (χ3n) is 4.30. The van der Waals surface area contributed by atoms with Gasteiger partial charge in [-0.05, 0) is 49.3 Å². The summed E-state index contributed by atoms with van der Waals surface area (Å²) < 4.78 is 40.2. The average Bonchev–Trinajstić information content (AvgIpc) is 3.40. The number of halogens is 3. The molecule has 1 heterocycles. The summed E-state index contributed by atoms with van der Waals surface area (Å²) in [4.78, 5) is 16.3. The minimum absolute atomic E-state index is 0.216. The highest BCUT2D eigenvalue weighted by atomic mass is 32.1. The number of nitrogens with zero attached hydrogens (tertiary/aromatic N) is 2. The zero-order valence-electron chi connectivity index (χ0n) is 14.6. The second kappa shape index (κ2) is 8.30. The highest BCUT2D eigenvalue weighted by Gasteiger charge is 2.31. The number of hydrogen-bond acceptors (Lipinski definition) is 4. The molecule has 1 aliphatic heterocycles. The smallest absolute Gasteiger partial charge is 0.406 e. The molecule has 1 amide bonds. The molecule has 2 N–H and O–H groups in total. The summed E-state index contributed by atoms with van der Waals surface area (Å²) in [6, 6.07) is 5.60. The summed E-state index contributed by atoms with van der Waals surface area (Å²) in [5.74, 6) is -0.543. The molecule has 0 spiro atoms. The molecule has 27 heavy (non-hydrogen) atoms. The number of carbonyl (C=O) groups is 1. The van der Waals surface area contributed by atoms with Crippen LogP contribution in [0.2, 0.25) is 0 Å². The van der Waals surface area contributed by atoms with E-state index in [1.54, 1.807) is 0 Å². The first-order valence-electron chi connectivity index (χ1n) is 8.72. The zero-order chi connectivity index (χ0) is 19.4. The average molecular weight is 402 g/mol. The van der Waals surface area contributed by atoms with Crippen LogP contribution >= 0.6 is 12.2 Å². The van der Waals surface area contributed by atoms with Crippen molar-refractivity contribution in [1.29, 1.82) is 0 Å². The van der Waals surface area contributed by atoms with Crippen LogP contribution < -0.4 is 15.4 Å². The van der Waals surface area contributed by atoms with Gasteiger partial charge in [-0.1, -0.05) is 0 Å². The van der Waals surface area contributed by atoms with Gasteiger partial charge in [0.2, 0.25) is 5.91 Å². The third kappa shape index (κ3) is 6.55. The van der Waals surface area contributed by atoms with Crippen LogP contribution in [0.1, 0.15) is 12.8 Å². The van der Waals surface area contributed by atoms with Gasteiger partial charge in [0, 0.05) is 37.9 Å². The Hall–Kier alpha value is -2.07. The fourth-order valence-electron chi connectivity index (χ4n) is 2.75. The van der Waals surface area contributed by atoms with Crippen molar-refractivity contribution in [3.63, 3.8) is 0 Å². The van der Waals surface area contributed by atoms with Crippen molar-refractivity contribution in [1.82, 2.24) is 15.1 Å². The number of thiocarbonyl (C=S) groups is 1.